The van der Waals surface area contributed by atoms with Gasteiger partial charge in [0.2, 0.25) is 5.91 Å². The quantitative estimate of drug-likeness (QED) is 0.821. The van der Waals surface area contributed by atoms with Crippen LogP contribution in [0.4, 0.5) is 4.39 Å². The van der Waals surface area contributed by atoms with Crippen LogP contribution in [0.1, 0.15) is 26.2 Å². The van der Waals surface area contributed by atoms with E-state index in [1.807, 2.05) is 7.05 Å². The first kappa shape index (κ1) is 16.7. The Balaban J connectivity index is 1.67. The first-order valence-corrected chi connectivity index (χ1v) is 7.93. The molecule has 1 amide bonds. The smallest absolute Gasteiger partial charge is 0.225 e. The van der Waals surface area contributed by atoms with Crippen molar-refractivity contribution >= 4 is 5.91 Å². The molecule has 1 aromatic carbocycles. The fourth-order valence-corrected chi connectivity index (χ4v) is 2.80. The zero-order valence-corrected chi connectivity index (χ0v) is 13.3. The molecule has 1 saturated heterocycles. The minimum atomic E-state index is -0.270. The van der Waals surface area contributed by atoms with E-state index in [0.29, 0.717) is 24.9 Å². The average Bonchev–Trinajstić information content (AvgIpc) is 2.52. The van der Waals surface area contributed by atoms with Gasteiger partial charge in [-0.25, -0.2) is 4.39 Å². The maximum Gasteiger partial charge on any atom is 0.225 e. The number of rotatable bonds is 6. The second-order valence-electron chi connectivity index (χ2n) is 5.99. The van der Waals surface area contributed by atoms with Gasteiger partial charge in [0.05, 0.1) is 6.61 Å². The lowest BCUT2D eigenvalue weighted by molar-refractivity contribution is -0.135. The van der Waals surface area contributed by atoms with Crippen molar-refractivity contribution in [1.82, 2.24) is 10.2 Å². The Bertz CT molecular complexity index is 478. The molecule has 1 heterocycles. The molecule has 122 valence electrons. The summed E-state index contributed by atoms with van der Waals surface area (Å²) in [4.78, 5) is 14.2. The fourth-order valence-electron chi connectivity index (χ4n) is 2.80. The Labute approximate surface area is 131 Å². The predicted octanol–water partition coefficient (Wildman–Crippen LogP) is 2.44. The molecular weight excluding hydrogens is 283 g/mol. The molecule has 2 atom stereocenters. The molecule has 0 radical (unpaired) electrons. The molecule has 0 spiro atoms. The number of ether oxygens (including phenoxy) is 1. The number of halogens is 1. The van der Waals surface area contributed by atoms with Crippen molar-refractivity contribution in [3.63, 3.8) is 0 Å². The van der Waals surface area contributed by atoms with Gasteiger partial charge in [-0.15, -0.1) is 0 Å². The highest BCUT2D eigenvalue weighted by Crippen LogP contribution is 2.18. The highest BCUT2D eigenvalue weighted by atomic mass is 19.1. The minimum Gasteiger partial charge on any atom is -0.494 e. The first-order valence-electron chi connectivity index (χ1n) is 7.93. The lowest BCUT2D eigenvalue weighted by Crippen LogP contribution is -2.43. The third kappa shape index (κ3) is 4.98. The van der Waals surface area contributed by atoms with Crippen molar-refractivity contribution in [2.75, 3.05) is 26.7 Å². The van der Waals surface area contributed by atoms with Crippen LogP contribution in [-0.2, 0) is 4.79 Å². The Morgan fingerprint density at radius 3 is 2.82 bits per heavy atom. The monoisotopic (exact) mass is 308 g/mol. The van der Waals surface area contributed by atoms with Gasteiger partial charge >= 0.3 is 0 Å². The van der Waals surface area contributed by atoms with Crippen LogP contribution in [0, 0.1) is 11.7 Å². The Morgan fingerprint density at radius 2 is 2.14 bits per heavy atom. The van der Waals surface area contributed by atoms with Crippen LogP contribution >= 0.6 is 0 Å². The highest BCUT2D eigenvalue weighted by molar-refractivity contribution is 5.78. The molecule has 0 aliphatic carbocycles. The Hall–Kier alpha value is -1.62. The standard InChI is InChI=1S/C17H25FN2O2/c1-13-12-14(8-9-19-13)17(21)20(2)10-3-11-22-16-6-4-15(18)5-7-16/h4-7,13-14,19H,3,8-12H2,1-2H3/t13-,14-/m0/s1. The van der Waals surface area contributed by atoms with Gasteiger partial charge in [-0.3, -0.25) is 4.79 Å². The van der Waals surface area contributed by atoms with Crippen LogP contribution in [0.25, 0.3) is 0 Å². The van der Waals surface area contributed by atoms with Gasteiger partial charge in [-0.05, 0) is 57.0 Å². The van der Waals surface area contributed by atoms with E-state index in [2.05, 4.69) is 12.2 Å². The number of carbonyl (C=O) groups is 1. The summed E-state index contributed by atoms with van der Waals surface area (Å²) in [6.07, 6.45) is 2.59. The summed E-state index contributed by atoms with van der Waals surface area (Å²) in [7, 11) is 1.85. The van der Waals surface area contributed by atoms with Crippen molar-refractivity contribution in [2.24, 2.45) is 5.92 Å². The topological polar surface area (TPSA) is 41.6 Å². The number of hydrogen-bond donors (Lipinski definition) is 1. The summed E-state index contributed by atoms with van der Waals surface area (Å²) < 4.78 is 18.3. The molecular formula is C17H25FN2O2. The normalized spacial score (nSPS) is 21.4. The summed E-state index contributed by atoms with van der Waals surface area (Å²) in [5.41, 5.74) is 0. The molecule has 1 fully saturated rings. The lowest BCUT2D eigenvalue weighted by Gasteiger charge is -2.30. The van der Waals surface area contributed by atoms with E-state index in [1.165, 1.54) is 12.1 Å². The molecule has 4 nitrogen and oxygen atoms in total. The fraction of sp³-hybridized carbons (Fsp3) is 0.588. The molecule has 0 saturated carbocycles. The number of hydrogen-bond acceptors (Lipinski definition) is 3. The van der Waals surface area contributed by atoms with Crippen molar-refractivity contribution in [2.45, 2.75) is 32.2 Å². The first-order chi connectivity index (χ1) is 10.6. The number of piperidine rings is 1. The van der Waals surface area contributed by atoms with Crippen molar-refractivity contribution in [1.29, 1.82) is 0 Å². The van der Waals surface area contributed by atoms with E-state index in [-0.39, 0.29) is 17.6 Å². The van der Waals surface area contributed by atoms with Crippen molar-refractivity contribution in [3.05, 3.63) is 30.1 Å². The summed E-state index contributed by atoms with van der Waals surface area (Å²) >= 11 is 0. The van der Waals surface area contributed by atoms with Crippen LogP contribution in [-0.4, -0.2) is 43.6 Å². The molecule has 22 heavy (non-hydrogen) atoms. The van der Waals surface area contributed by atoms with Gasteiger partial charge in [0, 0.05) is 25.6 Å². The van der Waals surface area contributed by atoms with Crippen LogP contribution in [0.3, 0.4) is 0 Å². The van der Waals surface area contributed by atoms with Crippen molar-refractivity contribution < 1.29 is 13.9 Å². The summed E-state index contributed by atoms with van der Waals surface area (Å²) in [6.45, 7) is 4.24. The second-order valence-corrected chi connectivity index (χ2v) is 5.99. The molecule has 1 aromatic rings. The van der Waals surface area contributed by atoms with Gasteiger partial charge in [0.1, 0.15) is 11.6 Å². The molecule has 1 aliphatic rings. The van der Waals surface area contributed by atoms with Crippen LogP contribution in [0.5, 0.6) is 5.75 Å². The zero-order valence-electron chi connectivity index (χ0n) is 13.3. The number of carbonyl (C=O) groups excluding carboxylic acids is 1. The maximum absolute atomic E-state index is 12.8. The number of amides is 1. The number of benzene rings is 1. The van der Waals surface area contributed by atoms with Gasteiger partial charge < -0.3 is 15.0 Å². The van der Waals surface area contributed by atoms with E-state index in [0.717, 1.165) is 25.8 Å². The second kappa shape index (κ2) is 8.13. The number of nitrogens with zero attached hydrogens (tertiary/aromatic N) is 1. The molecule has 1 N–H and O–H groups in total. The van der Waals surface area contributed by atoms with Crippen molar-refractivity contribution in [3.8, 4) is 5.75 Å². The van der Waals surface area contributed by atoms with E-state index >= 15 is 0 Å². The van der Waals surface area contributed by atoms with Gasteiger partial charge in [-0.1, -0.05) is 0 Å². The Morgan fingerprint density at radius 1 is 1.41 bits per heavy atom. The van der Waals surface area contributed by atoms with E-state index in [4.69, 9.17) is 4.74 Å². The van der Waals surface area contributed by atoms with Gasteiger partial charge in [-0.2, -0.15) is 0 Å². The third-order valence-electron chi connectivity index (χ3n) is 4.07. The molecule has 5 heteroatoms. The summed E-state index contributed by atoms with van der Waals surface area (Å²) in [5.74, 6) is 0.755. The highest BCUT2D eigenvalue weighted by Gasteiger charge is 2.26. The van der Waals surface area contributed by atoms with Crippen LogP contribution in [0.15, 0.2) is 24.3 Å². The lowest BCUT2D eigenvalue weighted by atomic mass is 9.92. The van der Waals surface area contributed by atoms with Crippen LogP contribution in [0.2, 0.25) is 0 Å². The van der Waals surface area contributed by atoms with Gasteiger partial charge in [0.15, 0.2) is 0 Å². The Kier molecular flexibility index (Phi) is 6.19. The van der Waals surface area contributed by atoms with E-state index < -0.39 is 0 Å². The number of nitrogens with one attached hydrogen (secondary N) is 1. The van der Waals surface area contributed by atoms with E-state index in [9.17, 15) is 9.18 Å². The van der Waals surface area contributed by atoms with Crippen LogP contribution < -0.4 is 10.1 Å². The molecule has 1 aliphatic heterocycles. The molecule has 2 rings (SSSR count). The molecule has 0 unspecified atom stereocenters. The zero-order chi connectivity index (χ0) is 15.9. The van der Waals surface area contributed by atoms with Gasteiger partial charge in [0.25, 0.3) is 0 Å². The minimum absolute atomic E-state index is 0.138. The third-order valence-corrected chi connectivity index (χ3v) is 4.07. The largest absolute Gasteiger partial charge is 0.494 e. The SMILES string of the molecule is C[C@H]1C[C@@H](C(=O)N(C)CCCOc2ccc(F)cc2)CCN1. The predicted molar refractivity (Wildman–Crippen MR) is 84.3 cm³/mol. The maximum atomic E-state index is 12.8. The average molecular weight is 308 g/mol. The summed E-state index contributed by atoms with van der Waals surface area (Å²) in [5, 5.41) is 3.36. The molecule has 0 aromatic heterocycles. The summed E-state index contributed by atoms with van der Waals surface area (Å²) in [6, 6.07) is 6.39. The molecule has 0 bridgehead atoms. The van der Waals surface area contributed by atoms with E-state index in [1.54, 1.807) is 17.0 Å².